The van der Waals surface area contributed by atoms with Gasteiger partial charge in [-0.15, -0.1) is 0 Å². The highest BCUT2D eigenvalue weighted by Crippen LogP contribution is 2.45. The summed E-state index contributed by atoms with van der Waals surface area (Å²) in [5.41, 5.74) is 1.11. The summed E-state index contributed by atoms with van der Waals surface area (Å²) in [6.45, 7) is 2.94. The van der Waals surface area contributed by atoms with Crippen LogP contribution in [0.4, 0.5) is 0 Å². The lowest BCUT2D eigenvalue weighted by molar-refractivity contribution is -0.137. The van der Waals surface area contributed by atoms with Crippen LogP contribution in [0.5, 0.6) is 11.5 Å². The third-order valence-corrected chi connectivity index (χ3v) is 8.62. The van der Waals surface area contributed by atoms with Crippen LogP contribution >= 0.6 is 0 Å². The molecule has 4 heterocycles. The molecular formula is C27H34N4O4. The number of carbonyl (C=O) groups excluding carboxylic acids is 1. The van der Waals surface area contributed by atoms with E-state index in [1.54, 1.807) is 25.4 Å². The first-order valence-electron chi connectivity index (χ1n) is 12.9. The number of hydrogen-bond acceptors (Lipinski definition) is 6. The van der Waals surface area contributed by atoms with E-state index in [1.165, 1.54) is 49.6 Å². The van der Waals surface area contributed by atoms with E-state index in [1.807, 2.05) is 4.90 Å². The highest BCUT2D eigenvalue weighted by atomic mass is 16.5. The van der Waals surface area contributed by atoms with Crippen LogP contribution in [0, 0.1) is 11.8 Å². The molecule has 35 heavy (non-hydrogen) atoms. The van der Waals surface area contributed by atoms with Crippen molar-refractivity contribution in [3.05, 3.63) is 40.3 Å². The molecule has 1 amide bonds. The average Bonchev–Trinajstić information content (AvgIpc) is 2.89. The minimum atomic E-state index is -0.336. The molecule has 4 atom stereocenters. The summed E-state index contributed by atoms with van der Waals surface area (Å²) in [6, 6.07) is 4.38. The lowest BCUT2D eigenvalue weighted by Crippen LogP contribution is -2.60. The molecule has 0 N–H and O–H groups in total. The van der Waals surface area contributed by atoms with Crippen LogP contribution in [-0.4, -0.2) is 71.4 Å². The molecule has 3 fully saturated rings. The SMILES string of the molecule is COc1ccc2cnn(CC(=O)N3CCCC4=CC5CC(CN6CCCC[C@H]56)[C@@H]43)c(=O)c2c1OC. The predicted octanol–water partition coefficient (Wildman–Crippen LogP) is 2.84. The Bertz CT molecular complexity index is 1240. The topological polar surface area (TPSA) is 76.9 Å². The van der Waals surface area contributed by atoms with Crippen LogP contribution in [-0.2, 0) is 11.3 Å². The van der Waals surface area contributed by atoms with Crippen LogP contribution in [0.25, 0.3) is 10.8 Å². The fraction of sp³-hybridized carbons (Fsp3) is 0.593. The number of nitrogens with zero attached hydrogens (tertiary/aromatic N) is 4. The minimum absolute atomic E-state index is 0.0318. The van der Waals surface area contributed by atoms with Crippen molar-refractivity contribution in [1.82, 2.24) is 19.6 Å². The summed E-state index contributed by atoms with van der Waals surface area (Å²) in [4.78, 5) is 31.8. The van der Waals surface area contributed by atoms with Gasteiger partial charge in [-0.05, 0) is 62.6 Å². The molecule has 0 spiro atoms. The average molecular weight is 479 g/mol. The number of benzene rings is 1. The maximum Gasteiger partial charge on any atom is 0.279 e. The van der Waals surface area contributed by atoms with Crippen molar-refractivity contribution in [3.8, 4) is 11.5 Å². The van der Waals surface area contributed by atoms with Gasteiger partial charge in [0.25, 0.3) is 5.56 Å². The summed E-state index contributed by atoms with van der Waals surface area (Å²) >= 11 is 0. The second-order valence-corrected chi connectivity index (χ2v) is 10.5. The molecule has 8 nitrogen and oxygen atoms in total. The number of amides is 1. The number of aromatic nitrogens is 2. The number of rotatable bonds is 4. The number of likely N-dealkylation sites (tertiary alicyclic amines) is 1. The Hall–Kier alpha value is -2.87. The summed E-state index contributed by atoms with van der Waals surface area (Å²) in [7, 11) is 3.06. The van der Waals surface area contributed by atoms with Gasteiger partial charge in [0.2, 0.25) is 5.91 Å². The molecule has 2 aromatic rings. The zero-order chi connectivity index (χ0) is 24.1. The predicted molar refractivity (Wildman–Crippen MR) is 133 cm³/mol. The van der Waals surface area contributed by atoms with Crippen LogP contribution in [0.3, 0.4) is 0 Å². The Kier molecular flexibility index (Phi) is 5.79. The molecule has 8 heteroatoms. The van der Waals surface area contributed by atoms with Crippen molar-refractivity contribution >= 4 is 16.7 Å². The zero-order valence-corrected chi connectivity index (χ0v) is 20.6. The number of methoxy groups -OCH3 is 2. The number of hydrogen-bond donors (Lipinski definition) is 0. The fourth-order valence-electron chi connectivity index (χ4n) is 7.17. The van der Waals surface area contributed by atoms with E-state index in [4.69, 9.17) is 9.47 Å². The molecule has 186 valence electrons. The molecular weight excluding hydrogens is 444 g/mol. The van der Waals surface area contributed by atoms with Gasteiger partial charge < -0.3 is 14.4 Å². The van der Waals surface area contributed by atoms with Crippen molar-refractivity contribution in [2.75, 3.05) is 33.9 Å². The number of fused-ring (bicyclic) bond motifs is 7. The van der Waals surface area contributed by atoms with E-state index in [9.17, 15) is 9.59 Å². The molecule has 0 saturated carbocycles. The largest absolute Gasteiger partial charge is 0.493 e. The normalized spacial score (nSPS) is 28.2. The quantitative estimate of drug-likeness (QED) is 0.629. The lowest BCUT2D eigenvalue weighted by atomic mass is 9.68. The van der Waals surface area contributed by atoms with Gasteiger partial charge in [0.1, 0.15) is 6.54 Å². The first-order chi connectivity index (χ1) is 17.1. The van der Waals surface area contributed by atoms with E-state index < -0.39 is 0 Å². The van der Waals surface area contributed by atoms with Crippen molar-refractivity contribution in [1.29, 1.82) is 0 Å². The highest BCUT2D eigenvalue weighted by molar-refractivity contribution is 5.89. The smallest absolute Gasteiger partial charge is 0.279 e. The Balaban J connectivity index is 1.30. The van der Waals surface area contributed by atoms with Crippen molar-refractivity contribution in [3.63, 3.8) is 0 Å². The Morgan fingerprint density at radius 1 is 1.14 bits per heavy atom. The fourth-order valence-corrected chi connectivity index (χ4v) is 7.17. The van der Waals surface area contributed by atoms with E-state index in [2.05, 4.69) is 16.1 Å². The molecule has 4 aliphatic rings. The van der Waals surface area contributed by atoms with Crippen LogP contribution in [0.2, 0.25) is 0 Å². The third kappa shape index (κ3) is 3.73. The molecule has 6 rings (SSSR count). The second-order valence-electron chi connectivity index (χ2n) is 10.5. The van der Waals surface area contributed by atoms with Crippen LogP contribution in [0.15, 0.2) is 34.8 Å². The van der Waals surface area contributed by atoms with E-state index in [0.717, 1.165) is 25.9 Å². The molecule has 0 radical (unpaired) electrons. The summed E-state index contributed by atoms with van der Waals surface area (Å²) < 4.78 is 12.1. The molecule has 2 unspecified atom stereocenters. The first kappa shape index (κ1) is 22.6. The van der Waals surface area contributed by atoms with Gasteiger partial charge in [-0.2, -0.15) is 5.10 Å². The summed E-state index contributed by atoms with van der Waals surface area (Å²) in [5.74, 6) is 1.93. The maximum absolute atomic E-state index is 13.7. The molecule has 3 aliphatic heterocycles. The zero-order valence-electron chi connectivity index (χ0n) is 20.6. The summed E-state index contributed by atoms with van der Waals surface area (Å²) in [6.07, 6.45) is 11.3. The second kappa shape index (κ2) is 8.97. The Morgan fingerprint density at radius 2 is 2.03 bits per heavy atom. The van der Waals surface area contributed by atoms with E-state index in [-0.39, 0.29) is 24.1 Å². The van der Waals surface area contributed by atoms with Gasteiger partial charge >= 0.3 is 0 Å². The molecule has 1 aromatic carbocycles. The number of piperidine rings is 3. The van der Waals surface area contributed by atoms with Gasteiger partial charge in [-0.3, -0.25) is 14.5 Å². The standard InChI is InChI=1S/C27H34N4O4/c1-34-22-9-8-18-14-28-31(27(33)24(18)26(22)35-2)16-23(32)30-11-5-6-17-12-19-13-20(25(17)30)15-29-10-4-3-7-21(19)29/h8-9,12,14,19-21,25H,3-7,10-11,13,15-16H2,1-2H3/t19?,20?,21-,25-/m1/s1. The minimum Gasteiger partial charge on any atom is -0.493 e. The van der Waals surface area contributed by atoms with Gasteiger partial charge in [-0.25, -0.2) is 4.68 Å². The van der Waals surface area contributed by atoms with Gasteiger partial charge in [0, 0.05) is 24.5 Å². The molecule has 3 saturated heterocycles. The van der Waals surface area contributed by atoms with Crippen molar-refractivity contribution in [2.24, 2.45) is 11.8 Å². The van der Waals surface area contributed by atoms with E-state index >= 15 is 0 Å². The lowest BCUT2D eigenvalue weighted by Gasteiger charge is -2.54. The number of carbonyl (C=O) groups is 1. The Morgan fingerprint density at radius 3 is 2.86 bits per heavy atom. The van der Waals surface area contributed by atoms with Crippen molar-refractivity contribution < 1.29 is 14.3 Å². The van der Waals surface area contributed by atoms with Gasteiger partial charge in [-0.1, -0.05) is 18.1 Å². The van der Waals surface area contributed by atoms with Crippen LogP contribution in [0.1, 0.15) is 38.5 Å². The molecule has 1 aromatic heterocycles. The van der Waals surface area contributed by atoms with Gasteiger partial charge in [0.05, 0.1) is 31.8 Å². The number of ether oxygens (including phenoxy) is 2. The van der Waals surface area contributed by atoms with Gasteiger partial charge in [0.15, 0.2) is 11.5 Å². The Labute approximate surface area is 205 Å². The third-order valence-electron chi connectivity index (χ3n) is 8.62. The van der Waals surface area contributed by atoms with Crippen LogP contribution < -0.4 is 15.0 Å². The van der Waals surface area contributed by atoms with Crippen molar-refractivity contribution in [2.45, 2.75) is 57.2 Å². The van der Waals surface area contributed by atoms with E-state index in [0.29, 0.717) is 40.1 Å². The highest BCUT2D eigenvalue weighted by Gasteiger charge is 2.46. The maximum atomic E-state index is 13.7. The first-order valence-corrected chi connectivity index (χ1v) is 12.9. The monoisotopic (exact) mass is 478 g/mol. The summed E-state index contributed by atoms with van der Waals surface area (Å²) in [5, 5.41) is 5.38. The molecule has 1 aliphatic carbocycles. The molecule has 2 bridgehead atoms.